The quantitative estimate of drug-likeness (QED) is 0.578. The van der Waals surface area contributed by atoms with Gasteiger partial charge in [-0.3, -0.25) is 5.01 Å². The molecule has 2 bridgehead atoms. The minimum absolute atomic E-state index is 0.427. The third-order valence-electron chi connectivity index (χ3n) is 4.87. The molecule has 0 N–H and O–H groups in total. The van der Waals surface area contributed by atoms with Crippen LogP contribution in [0.5, 0.6) is 0 Å². The lowest BCUT2D eigenvalue weighted by atomic mass is 9.70. The van der Waals surface area contributed by atoms with E-state index >= 15 is 0 Å². The van der Waals surface area contributed by atoms with Gasteiger partial charge in [-0.1, -0.05) is 6.92 Å². The van der Waals surface area contributed by atoms with Crippen molar-refractivity contribution < 1.29 is 0 Å². The van der Waals surface area contributed by atoms with Crippen molar-refractivity contribution >= 4 is 0 Å². The molecule has 3 rings (SSSR count). The number of rotatable bonds is 1. The van der Waals surface area contributed by atoms with Crippen LogP contribution in [0.25, 0.3) is 0 Å². The second kappa shape index (κ2) is 2.25. The Hall–Kier alpha value is -0.600. The van der Waals surface area contributed by atoms with E-state index in [1.54, 1.807) is 5.01 Å². The highest BCUT2D eigenvalue weighted by molar-refractivity contribution is 5.08. The Bertz CT molecular complexity index is 255. The summed E-state index contributed by atoms with van der Waals surface area (Å²) < 4.78 is 0. The van der Waals surface area contributed by atoms with Crippen LogP contribution in [0.4, 0.5) is 0 Å². The third kappa shape index (κ3) is 0.804. The van der Waals surface area contributed by atoms with Crippen molar-refractivity contribution in [1.82, 2.24) is 5.01 Å². The van der Waals surface area contributed by atoms with Crippen molar-refractivity contribution in [3.8, 4) is 0 Å². The van der Waals surface area contributed by atoms with Gasteiger partial charge in [0.25, 0.3) is 0 Å². The Labute approximate surface area is 78.4 Å². The standard InChI is InChI=1S/C10H16N2O/c1-10-6-12(11-13)5-9(10)7-2-3-8(10)4-7/h7-9H,2-6H2,1H3/t7-,8-,9+,10-/m0/s1. The lowest BCUT2D eigenvalue weighted by Crippen LogP contribution is -2.32. The van der Waals surface area contributed by atoms with E-state index < -0.39 is 0 Å². The third-order valence-corrected chi connectivity index (χ3v) is 4.87. The van der Waals surface area contributed by atoms with E-state index in [2.05, 4.69) is 12.2 Å². The maximum atomic E-state index is 10.5. The van der Waals surface area contributed by atoms with Gasteiger partial charge in [0.05, 0.1) is 5.29 Å². The van der Waals surface area contributed by atoms with E-state index in [1.807, 2.05) is 0 Å². The molecule has 2 saturated carbocycles. The number of nitroso groups, excluding NO2 is 1. The molecule has 2 aliphatic carbocycles. The van der Waals surface area contributed by atoms with Crippen LogP contribution in [0.2, 0.25) is 0 Å². The summed E-state index contributed by atoms with van der Waals surface area (Å²) in [4.78, 5) is 10.5. The van der Waals surface area contributed by atoms with Gasteiger partial charge in [0, 0.05) is 13.1 Å². The van der Waals surface area contributed by atoms with Crippen molar-refractivity contribution in [2.75, 3.05) is 13.1 Å². The molecule has 3 fully saturated rings. The molecule has 3 aliphatic rings. The molecule has 4 atom stereocenters. The summed E-state index contributed by atoms with van der Waals surface area (Å²) in [5, 5.41) is 4.84. The van der Waals surface area contributed by atoms with E-state index in [0.29, 0.717) is 5.41 Å². The normalized spacial score (nSPS) is 52.7. The molecule has 0 aromatic rings. The zero-order valence-electron chi connectivity index (χ0n) is 8.07. The molecule has 0 amide bonds. The first kappa shape index (κ1) is 7.77. The number of hydrogen-bond acceptors (Lipinski definition) is 2. The maximum Gasteiger partial charge on any atom is 0.0524 e. The van der Waals surface area contributed by atoms with Crippen molar-refractivity contribution in [2.45, 2.75) is 26.2 Å². The van der Waals surface area contributed by atoms with Gasteiger partial charge >= 0.3 is 0 Å². The van der Waals surface area contributed by atoms with Crippen LogP contribution >= 0.6 is 0 Å². The lowest BCUT2D eigenvalue weighted by molar-refractivity contribution is 0.151. The predicted octanol–water partition coefficient (Wildman–Crippen LogP) is 2.04. The molecular formula is C10H16N2O. The maximum absolute atomic E-state index is 10.5. The van der Waals surface area contributed by atoms with Gasteiger partial charge in [-0.25, -0.2) is 0 Å². The lowest BCUT2D eigenvalue weighted by Gasteiger charge is -2.34. The van der Waals surface area contributed by atoms with E-state index in [1.165, 1.54) is 19.3 Å². The second-order valence-electron chi connectivity index (χ2n) is 5.31. The molecule has 3 heteroatoms. The van der Waals surface area contributed by atoms with Crippen LogP contribution in [-0.4, -0.2) is 18.1 Å². The summed E-state index contributed by atoms with van der Waals surface area (Å²) in [6, 6.07) is 0. The molecule has 0 unspecified atom stereocenters. The molecule has 0 spiro atoms. The fourth-order valence-corrected chi connectivity index (χ4v) is 4.17. The van der Waals surface area contributed by atoms with Crippen LogP contribution in [0.3, 0.4) is 0 Å². The minimum Gasteiger partial charge on any atom is -0.260 e. The van der Waals surface area contributed by atoms with E-state index in [-0.39, 0.29) is 0 Å². The largest absolute Gasteiger partial charge is 0.260 e. The van der Waals surface area contributed by atoms with Crippen LogP contribution in [-0.2, 0) is 0 Å². The second-order valence-corrected chi connectivity index (χ2v) is 5.31. The zero-order chi connectivity index (χ0) is 9.05. The molecule has 0 aromatic heterocycles. The van der Waals surface area contributed by atoms with Crippen LogP contribution in [0.1, 0.15) is 26.2 Å². The first-order valence-electron chi connectivity index (χ1n) is 5.32. The Morgan fingerprint density at radius 3 is 3.00 bits per heavy atom. The molecule has 0 radical (unpaired) electrons. The van der Waals surface area contributed by atoms with Gasteiger partial charge in [-0.2, -0.15) is 0 Å². The average Bonchev–Trinajstić information content (AvgIpc) is 2.72. The van der Waals surface area contributed by atoms with Gasteiger partial charge in [0.15, 0.2) is 0 Å². The molecule has 1 saturated heterocycles. The smallest absolute Gasteiger partial charge is 0.0524 e. The van der Waals surface area contributed by atoms with E-state index in [4.69, 9.17) is 0 Å². The van der Waals surface area contributed by atoms with Gasteiger partial charge < -0.3 is 0 Å². The molecule has 0 aromatic carbocycles. The zero-order valence-corrected chi connectivity index (χ0v) is 8.07. The topological polar surface area (TPSA) is 32.7 Å². The Morgan fingerprint density at radius 2 is 2.31 bits per heavy atom. The van der Waals surface area contributed by atoms with Crippen LogP contribution in [0, 0.1) is 28.1 Å². The number of nitrogens with zero attached hydrogens (tertiary/aromatic N) is 2. The molecule has 13 heavy (non-hydrogen) atoms. The van der Waals surface area contributed by atoms with E-state index in [0.717, 1.165) is 30.8 Å². The number of hydrogen-bond donors (Lipinski definition) is 0. The fraction of sp³-hybridized carbons (Fsp3) is 1.00. The Morgan fingerprint density at radius 1 is 1.46 bits per heavy atom. The summed E-state index contributed by atoms with van der Waals surface area (Å²) in [5.41, 5.74) is 0.427. The van der Waals surface area contributed by atoms with Crippen LogP contribution < -0.4 is 0 Å². The minimum atomic E-state index is 0.427. The van der Waals surface area contributed by atoms with Crippen molar-refractivity contribution in [1.29, 1.82) is 0 Å². The number of fused-ring (bicyclic) bond motifs is 5. The molecule has 1 heterocycles. The first-order valence-corrected chi connectivity index (χ1v) is 5.32. The summed E-state index contributed by atoms with van der Waals surface area (Å²) in [7, 11) is 0. The van der Waals surface area contributed by atoms with Crippen molar-refractivity contribution in [3.63, 3.8) is 0 Å². The molecule has 3 nitrogen and oxygen atoms in total. The summed E-state index contributed by atoms with van der Waals surface area (Å²) in [6.07, 6.45) is 4.22. The molecule has 72 valence electrons. The Balaban J connectivity index is 1.92. The van der Waals surface area contributed by atoms with Gasteiger partial charge in [-0.15, -0.1) is 4.91 Å². The first-order chi connectivity index (χ1) is 6.24. The SMILES string of the molecule is C[C@@]12CN(N=O)C[C@@H]1[C@H]1CC[C@H]2C1. The molecular weight excluding hydrogens is 164 g/mol. The highest BCUT2D eigenvalue weighted by Gasteiger charge is 2.59. The van der Waals surface area contributed by atoms with Gasteiger partial charge in [-0.05, 0) is 42.4 Å². The Kier molecular flexibility index (Phi) is 1.35. The highest BCUT2D eigenvalue weighted by Crippen LogP contribution is 2.62. The molecule has 1 aliphatic heterocycles. The van der Waals surface area contributed by atoms with Crippen molar-refractivity contribution in [3.05, 3.63) is 4.91 Å². The van der Waals surface area contributed by atoms with Gasteiger partial charge in [0.1, 0.15) is 0 Å². The summed E-state index contributed by atoms with van der Waals surface area (Å²) >= 11 is 0. The predicted molar refractivity (Wildman–Crippen MR) is 49.8 cm³/mol. The van der Waals surface area contributed by atoms with Crippen molar-refractivity contribution in [2.24, 2.45) is 28.5 Å². The van der Waals surface area contributed by atoms with Crippen LogP contribution in [0.15, 0.2) is 5.29 Å². The summed E-state index contributed by atoms with van der Waals surface area (Å²) in [6.45, 7) is 4.22. The van der Waals surface area contributed by atoms with E-state index in [9.17, 15) is 4.91 Å². The summed E-state index contributed by atoms with van der Waals surface area (Å²) in [5.74, 6) is 2.56. The average molecular weight is 180 g/mol. The monoisotopic (exact) mass is 180 g/mol. The fourth-order valence-electron chi connectivity index (χ4n) is 4.17. The highest BCUT2D eigenvalue weighted by atomic mass is 16.3. The van der Waals surface area contributed by atoms with Gasteiger partial charge in [0.2, 0.25) is 0 Å².